The molecule has 0 radical (unpaired) electrons. The van der Waals surface area contributed by atoms with Crippen LogP contribution in [0, 0.1) is 13.8 Å². The zero-order chi connectivity index (χ0) is 47.5. The van der Waals surface area contributed by atoms with Crippen molar-refractivity contribution in [2.24, 2.45) is 20.0 Å². The molecule has 4 aromatic heterocycles. The van der Waals surface area contributed by atoms with Crippen molar-refractivity contribution in [3.8, 4) is 22.7 Å². The Morgan fingerprint density at radius 2 is 0.714 bits per heavy atom. The van der Waals surface area contributed by atoms with Gasteiger partial charge in [-0.2, -0.15) is 0 Å². The van der Waals surface area contributed by atoms with Gasteiger partial charge in [0.25, 0.3) is 0 Å². The van der Waals surface area contributed by atoms with Crippen LogP contribution in [0.2, 0.25) is 0 Å². The smallest absolute Gasteiger partial charge is 0.0991 e. The lowest BCUT2D eigenvalue weighted by atomic mass is 10.1. The summed E-state index contributed by atoms with van der Waals surface area (Å²) in [6.45, 7) is 4.18. The fraction of sp³-hybridized carbons (Fsp3) is 0.0345. The summed E-state index contributed by atoms with van der Waals surface area (Å²) in [6, 6.07) is 49.2. The number of hydrogen-bond acceptors (Lipinski definition) is 8. The first-order chi connectivity index (χ1) is 34.5. The van der Waals surface area contributed by atoms with Crippen LogP contribution in [0.4, 0.5) is 22.7 Å². The molecule has 338 valence electrons. The third-order valence-corrected chi connectivity index (χ3v) is 11.6. The van der Waals surface area contributed by atoms with E-state index in [4.69, 9.17) is 9.98 Å². The first-order valence-corrected chi connectivity index (χ1v) is 22.6. The number of imidazole rings is 4. The predicted molar refractivity (Wildman–Crippen MR) is 283 cm³/mol. The van der Waals surface area contributed by atoms with E-state index < -0.39 is 0 Å². The number of aryl methyl sites for hydroxylation is 2. The number of hydrogen-bond donors (Lipinski definition) is 0. The summed E-state index contributed by atoms with van der Waals surface area (Å²) in [5.74, 6) is 0. The van der Waals surface area contributed by atoms with Gasteiger partial charge in [0.1, 0.15) is 0 Å². The van der Waals surface area contributed by atoms with Gasteiger partial charge >= 0.3 is 0 Å². The molecule has 0 atom stereocenters. The van der Waals surface area contributed by atoms with Gasteiger partial charge in [0.15, 0.2) is 0 Å². The highest BCUT2D eigenvalue weighted by atomic mass is 15.0. The molecule has 0 spiro atoms. The molecular weight excluding hydrogens is 865 g/mol. The summed E-state index contributed by atoms with van der Waals surface area (Å²) in [6.07, 6.45) is 29.6. The Bertz CT molecular complexity index is 3330. The lowest BCUT2D eigenvalue weighted by molar-refractivity contribution is 1.04. The van der Waals surface area contributed by atoms with E-state index in [0.717, 1.165) is 78.5 Å². The maximum absolute atomic E-state index is 4.79. The molecule has 0 aliphatic rings. The summed E-state index contributed by atoms with van der Waals surface area (Å²) in [4.78, 5) is 35.2. The van der Waals surface area contributed by atoms with Crippen molar-refractivity contribution in [3.05, 3.63) is 254 Å². The third kappa shape index (κ3) is 10.6. The summed E-state index contributed by atoms with van der Waals surface area (Å²) in [7, 11) is 0. The number of rotatable bonds is 12. The van der Waals surface area contributed by atoms with Gasteiger partial charge in [-0.1, -0.05) is 60.7 Å². The van der Waals surface area contributed by atoms with Crippen LogP contribution in [0.5, 0.6) is 0 Å². The lowest BCUT2D eigenvalue weighted by Crippen LogP contribution is -1.95. The molecule has 0 fully saturated rings. The monoisotopic (exact) mass is 910 g/mol. The maximum Gasteiger partial charge on any atom is 0.0991 e. The SMILES string of the molecule is C(=Nc1ccc(N=Cc2ccc(-n3ccnc3)cc2)c2ccccc12)c1ccc(-n2ccnc2)cc1.Cc1cc(C=Nc2ccc(N=Cc3ccc(-n4ccnc4)c(C)c3)cc2)ccc1-n1ccnc1. The number of benzene rings is 7. The zero-order valence-corrected chi connectivity index (χ0v) is 38.5. The van der Waals surface area contributed by atoms with Gasteiger partial charge in [-0.25, -0.2) is 19.9 Å². The van der Waals surface area contributed by atoms with Crippen LogP contribution >= 0.6 is 0 Å². The minimum atomic E-state index is 0.885. The normalized spacial score (nSPS) is 11.6. The molecule has 0 N–H and O–H groups in total. The standard InChI is InChI=1S/C30H22N6.C28H24N6/c1-2-4-28-27(3-1)29(33-19-23-5-9-25(10-6-23)35-17-15-31-21-35)13-14-30(28)34-20-24-7-11-26(12-8-24)36-18-16-32-22-36;1-21-15-23(3-9-27(21)33-13-11-29-19-33)17-31-25-5-7-26(8-6-25)32-18-24-4-10-28(22(2)16-24)34-14-12-30-20-34/h1-22H;3-20H,1-2H3. The van der Waals surface area contributed by atoms with E-state index in [2.05, 4.69) is 141 Å². The van der Waals surface area contributed by atoms with Gasteiger partial charge in [0.2, 0.25) is 0 Å². The molecule has 11 aromatic rings. The van der Waals surface area contributed by atoms with Crippen LogP contribution in [0.3, 0.4) is 0 Å². The molecule has 70 heavy (non-hydrogen) atoms. The highest BCUT2D eigenvalue weighted by Crippen LogP contribution is 2.33. The fourth-order valence-electron chi connectivity index (χ4n) is 7.89. The van der Waals surface area contributed by atoms with Crippen LogP contribution in [0.15, 0.2) is 240 Å². The van der Waals surface area contributed by atoms with E-state index in [1.807, 2.05) is 116 Å². The average molecular weight is 911 g/mol. The van der Waals surface area contributed by atoms with Crippen LogP contribution in [0.25, 0.3) is 33.5 Å². The number of nitrogens with zero attached hydrogens (tertiary/aromatic N) is 12. The Morgan fingerprint density at radius 1 is 0.357 bits per heavy atom. The predicted octanol–water partition coefficient (Wildman–Crippen LogP) is 12.9. The van der Waals surface area contributed by atoms with Gasteiger partial charge < -0.3 is 18.3 Å². The van der Waals surface area contributed by atoms with E-state index in [-0.39, 0.29) is 0 Å². The molecular formula is C58H46N12. The lowest BCUT2D eigenvalue weighted by Gasteiger charge is -2.07. The third-order valence-electron chi connectivity index (χ3n) is 11.6. The fourth-order valence-corrected chi connectivity index (χ4v) is 7.89. The summed E-state index contributed by atoms with van der Waals surface area (Å²) >= 11 is 0. The molecule has 0 aliphatic carbocycles. The van der Waals surface area contributed by atoms with Crippen LogP contribution in [0.1, 0.15) is 33.4 Å². The van der Waals surface area contributed by atoms with Gasteiger partial charge in [-0.05, 0) is 132 Å². The molecule has 12 nitrogen and oxygen atoms in total. The van der Waals surface area contributed by atoms with E-state index in [1.54, 1.807) is 50.1 Å². The Kier molecular flexibility index (Phi) is 13.2. The molecule has 0 unspecified atom stereocenters. The van der Waals surface area contributed by atoms with Gasteiger partial charge in [-0.3, -0.25) is 20.0 Å². The van der Waals surface area contributed by atoms with Crippen LogP contribution in [-0.4, -0.2) is 63.1 Å². The Hall–Kier alpha value is -9.68. The van der Waals surface area contributed by atoms with E-state index in [9.17, 15) is 0 Å². The Morgan fingerprint density at radius 3 is 1.07 bits per heavy atom. The van der Waals surface area contributed by atoms with Gasteiger partial charge in [0.05, 0.1) is 48.1 Å². The second-order valence-electron chi connectivity index (χ2n) is 16.4. The number of aromatic nitrogens is 8. The van der Waals surface area contributed by atoms with E-state index in [1.165, 1.54) is 11.1 Å². The van der Waals surface area contributed by atoms with Crippen molar-refractivity contribution >= 4 is 58.4 Å². The topological polar surface area (TPSA) is 121 Å². The van der Waals surface area contributed by atoms with Crippen molar-refractivity contribution in [2.45, 2.75) is 13.8 Å². The number of aliphatic imine (C=N–C) groups is 4. The molecule has 0 bridgehead atoms. The highest BCUT2D eigenvalue weighted by Gasteiger charge is 2.06. The van der Waals surface area contributed by atoms with Gasteiger partial charge in [-0.15, -0.1) is 0 Å². The van der Waals surface area contributed by atoms with Crippen molar-refractivity contribution in [3.63, 3.8) is 0 Å². The summed E-state index contributed by atoms with van der Waals surface area (Å²) in [5, 5.41) is 2.13. The van der Waals surface area contributed by atoms with Crippen molar-refractivity contribution in [1.29, 1.82) is 0 Å². The van der Waals surface area contributed by atoms with E-state index in [0.29, 0.717) is 0 Å². The first-order valence-electron chi connectivity index (χ1n) is 22.6. The largest absolute Gasteiger partial charge is 0.306 e. The quantitative estimate of drug-likeness (QED) is 0.113. The summed E-state index contributed by atoms with van der Waals surface area (Å²) in [5.41, 5.74) is 14.4. The van der Waals surface area contributed by atoms with Crippen LogP contribution in [-0.2, 0) is 0 Å². The Labute approximate surface area is 405 Å². The second kappa shape index (κ2) is 20.9. The van der Waals surface area contributed by atoms with Crippen molar-refractivity contribution < 1.29 is 0 Å². The first kappa shape index (κ1) is 44.2. The van der Waals surface area contributed by atoms with E-state index >= 15 is 0 Å². The van der Waals surface area contributed by atoms with Crippen molar-refractivity contribution in [2.75, 3.05) is 0 Å². The molecule has 0 aliphatic heterocycles. The molecule has 11 rings (SSSR count). The maximum atomic E-state index is 4.79. The zero-order valence-electron chi connectivity index (χ0n) is 38.5. The molecule has 0 amide bonds. The second-order valence-corrected chi connectivity index (χ2v) is 16.4. The Balaban J connectivity index is 0.000000162. The average Bonchev–Trinajstić information content (AvgIpc) is 4.28. The number of fused-ring (bicyclic) bond motifs is 1. The van der Waals surface area contributed by atoms with Crippen molar-refractivity contribution in [1.82, 2.24) is 38.2 Å². The van der Waals surface area contributed by atoms with Gasteiger partial charge in [0, 0.05) is 108 Å². The molecule has 0 saturated heterocycles. The minimum absolute atomic E-state index is 0.885. The molecule has 12 heteroatoms. The molecule has 7 aromatic carbocycles. The van der Waals surface area contributed by atoms with Crippen LogP contribution < -0.4 is 0 Å². The summed E-state index contributed by atoms with van der Waals surface area (Å²) < 4.78 is 7.96. The highest BCUT2D eigenvalue weighted by molar-refractivity contribution is 6.02. The molecule has 0 saturated carbocycles. The minimum Gasteiger partial charge on any atom is -0.306 e. The molecule has 4 heterocycles.